The number of nitrogen functional groups attached to an aromatic ring is 1. The topological polar surface area (TPSA) is 75.4 Å². The largest absolute Gasteiger partial charge is 0.472 e. The van der Waals surface area contributed by atoms with Gasteiger partial charge in [-0.25, -0.2) is 0 Å². The van der Waals surface area contributed by atoms with Crippen molar-refractivity contribution in [1.82, 2.24) is 9.78 Å². The molecule has 4 rings (SSSR count). The second-order valence-electron chi connectivity index (χ2n) is 5.34. The number of fused-ring (bicyclic) bond motifs is 1. The van der Waals surface area contributed by atoms with E-state index in [-0.39, 0.29) is 6.29 Å². The van der Waals surface area contributed by atoms with Gasteiger partial charge in [0, 0.05) is 35.2 Å². The molecule has 3 aromatic rings. The Morgan fingerprint density at radius 2 is 2.14 bits per heavy atom. The van der Waals surface area contributed by atoms with Crippen LogP contribution in [0.1, 0.15) is 6.42 Å². The highest BCUT2D eigenvalue weighted by molar-refractivity contribution is 5.91. The second kappa shape index (κ2) is 5.47. The molecule has 1 aliphatic rings. The van der Waals surface area contributed by atoms with E-state index in [0.717, 1.165) is 40.7 Å². The standard InChI is InChI=1S/C16H17N3O3/c17-14-7-12-9-18-19(3-1-16-21-5-6-22-16)15(12)8-13(14)11-2-4-20-10-11/h2,4,7-10,16H,1,3,5-6,17H2. The van der Waals surface area contributed by atoms with E-state index in [1.54, 1.807) is 12.5 Å². The Hall–Kier alpha value is -2.31. The van der Waals surface area contributed by atoms with Crippen molar-refractivity contribution in [3.63, 3.8) is 0 Å². The van der Waals surface area contributed by atoms with Crippen LogP contribution in [0.2, 0.25) is 0 Å². The van der Waals surface area contributed by atoms with Crippen molar-refractivity contribution in [2.45, 2.75) is 19.3 Å². The van der Waals surface area contributed by atoms with Crippen molar-refractivity contribution in [2.75, 3.05) is 18.9 Å². The van der Waals surface area contributed by atoms with Crippen LogP contribution < -0.4 is 5.73 Å². The summed E-state index contributed by atoms with van der Waals surface area (Å²) in [5.41, 5.74) is 9.83. The normalized spacial score (nSPS) is 15.8. The number of benzene rings is 1. The Balaban J connectivity index is 1.66. The van der Waals surface area contributed by atoms with Gasteiger partial charge in [0.15, 0.2) is 6.29 Å². The van der Waals surface area contributed by atoms with E-state index in [9.17, 15) is 0 Å². The fraction of sp³-hybridized carbons (Fsp3) is 0.312. The molecule has 0 radical (unpaired) electrons. The molecule has 6 heteroatoms. The van der Waals surface area contributed by atoms with E-state index >= 15 is 0 Å². The first-order chi connectivity index (χ1) is 10.8. The first-order valence-electron chi connectivity index (χ1n) is 7.32. The molecule has 2 N–H and O–H groups in total. The fourth-order valence-corrected chi connectivity index (χ4v) is 2.79. The number of nitrogens with zero attached hydrogens (tertiary/aromatic N) is 2. The molecule has 3 heterocycles. The minimum Gasteiger partial charge on any atom is -0.472 e. The van der Waals surface area contributed by atoms with Gasteiger partial charge >= 0.3 is 0 Å². The molecule has 1 aromatic carbocycles. The van der Waals surface area contributed by atoms with Crippen molar-refractivity contribution in [2.24, 2.45) is 0 Å². The molecular weight excluding hydrogens is 282 g/mol. The average molecular weight is 299 g/mol. The van der Waals surface area contributed by atoms with Crippen LogP contribution in [-0.2, 0) is 16.0 Å². The van der Waals surface area contributed by atoms with Gasteiger partial charge in [-0.3, -0.25) is 4.68 Å². The van der Waals surface area contributed by atoms with Crippen LogP contribution in [0.25, 0.3) is 22.0 Å². The Kier molecular flexibility index (Phi) is 3.32. The molecule has 2 aromatic heterocycles. The van der Waals surface area contributed by atoms with Crippen LogP contribution in [0.4, 0.5) is 5.69 Å². The monoisotopic (exact) mass is 299 g/mol. The Labute approximate surface area is 127 Å². The van der Waals surface area contributed by atoms with Gasteiger partial charge < -0.3 is 19.6 Å². The summed E-state index contributed by atoms with van der Waals surface area (Å²) in [4.78, 5) is 0. The van der Waals surface area contributed by atoms with Crippen molar-refractivity contribution >= 4 is 16.6 Å². The zero-order valence-corrected chi connectivity index (χ0v) is 12.1. The van der Waals surface area contributed by atoms with Gasteiger partial charge in [0.25, 0.3) is 0 Å². The molecule has 0 spiro atoms. The third-order valence-electron chi connectivity index (χ3n) is 3.91. The van der Waals surface area contributed by atoms with E-state index in [4.69, 9.17) is 19.6 Å². The zero-order chi connectivity index (χ0) is 14.9. The van der Waals surface area contributed by atoms with Gasteiger partial charge in [0.05, 0.1) is 37.5 Å². The highest BCUT2D eigenvalue weighted by atomic mass is 16.7. The molecule has 0 atom stereocenters. The number of anilines is 1. The summed E-state index contributed by atoms with van der Waals surface area (Å²) in [6.45, 7) is 2.08. The molecule has 0 saturated carbocycles. The number of hydrogen-bond acceptors (Lipinski definition) is 5. The maximum Gasteiger partial charge on any atom is 0.159 e. The number of hydrogen-bond donors (Lipinski definition) is 1. The number of ether oxygens (including phenoxy) is 2. The second-order valence-corrected chi connectivity index (χ2v) is 5.34. The minimum atomic E-state index is -0.124. The lowest BCUT2D eigenvalue weighted by molar-refractivity contribution is -0.0493. The third kappa shape index (κ3) is 2.36. The van der Waals surface area contributed by atoms with Crippen LogP contribution in [0.5, 0.6) is 0 Å². The summed E-state index contributed by atoms with van der Waals surface area (Å²) in [7, 11) is 0. The summed E-state index contributed by atoms with van der Waals surface area (Å²) < 4.78 is 18.1. The lowest BCUT2D eigenvalue weighted by atomic mass is 10.1. The van der Waals surface area contributed by atoms with Crippen molar-refractivity contribution in [3.8, 4) is 11.1 Å². The van der Waals surface area contributed by atoms with Gasteiger partial charge in [-0.05, 0) is 18.2 Å². The molecule has 1 fully saturated rings. The SMILES string of the molecule is Nc1cc2cnn(CCC3OCCO3)c2cc1-c1ccoc1. The highest BCUT2D eigenvalue weighted by Gasteiger charge is 2.17. The minimum absolute atomic E-state index is 0.124. The average Bonchev–Trinajstić information content (AvgIpc) is 3.26. The van der Waals surface area contributed by atoms with E-state index < -0.39 is 0 Å². The van der Waals surface area contributed by atoms with E-state index in [1.165, 1.54) is 0 Å². The summed E-state index contributed by atoms with van der Waals surface area (Å²) in [5.74, 6) is 0. The highest BCUT2D eigenvalue weighted by Crippen LogP contribution is 2.31. The molecule has 6 nitrogen and oxygen atoms in total. The molecule has 0 amide bonds. The van der Waals surface area contributed by atoms with E-state index in [2.05, 4.69) is 11.2 Å². The lowest BCUT2D eigenvalue weighted by Gasteiger charge is -2.10. The Bertz CT molecular complexity index is 773. The number of rotatable bonds is 4. The summed E-state index contributed by atoms with van der Waals surface area (Å²) in [6.07, 6.45) is 5.83. The van der Waals surface area contributed by atoms with Crippen LogP contribution in [0.3, 0.4) is 0 Å². The molecule has 1 saturated heterocycles. The Morgan fingerprint density at radius 1 is 1.27 bits per heavy atom. The molecular formula is C16H17N3O3. The van der Waals surface area contributed by atoms with Crippen LogP contribution in [0, 0.1) is 0 Å². The van der Waals surface area contributed by atoms with Gasteiger partial charge in [-0.15, -0.1) is 0 Å². The zero-order valence-electron chi connectivity index (χ0n) is 12.1. The molecule has 1 aliphatic heterocycles. The van der Waals surface area contributed by atoms with Crippen LogP contribution in [0.15, 0.2) is 41.3 Å². The molecule has 0 unspecified atom stereocenters. The Morgan fingerprint density at radius 3 is 2.91 bits per heavy atom. The maximum atomic E-state index is 6.14. The summed E-state index contributed by atoms with van der Waals surface area (Å²) >= 11 is 0. The molecule has 22 heavy (non-hydrogen) atoms. The predicted molar refractivity (Wildman–Crippen MR) is 82.2 cm³/mol. The predicted octanol–water partition coefficient (Wildman–Crippen LogP) is 2.64. The van der Waals surface area contributed by atoms with Crippen molar-refractivity contribution in [3.05, 3.63) is 36.9 Å². The van der Waals surface area contributed by atoms with Crippen molar-refractivity contribution in [1.29, 1.82) is 0 Å². The van der Waals surface area contributed by atoms with Gasteiger partial charge in [-0.2, -0.15) is 5.10 Å². The number of aromatic nitrogens is 2. The number of furan rings is 1. The number of aryl methyl sites for hydroxylation is 1. The lowest BCUT2D eigenvalue weighted by Crippen LogP contribution is -2.12. The van der Waals surface area contributed by atoms with Crippen LogP contribution in [-0.4, -0.2) is 29.3 Å². The molecule has 0 aliphatic carbocycles. The maximum absolute atomic E-state index is 6.14. The first kappa shape index (κ1) is 13.4. The van der Waals surface area contributed by atoms with Crippen LogP contribution >= 0.6 is 0 Å². The van der Waals surface area contributed by atoms with E-state index in [1.807, 2.05) is 23.0 Å². The number of nitrogens with two attached hydrogens (primary N) is 1. The molecule has 0 bridgehead atoms. The van der Waals surface area contributed by atoms with Crippen molar-refractivity contribution < 1.29 is 13.9 Å². The first-order valence-corrected chi connectivity index (χ1v) is 7.32. The smallest absolute Gasteiger partial charge is 0.159 e. The third-order valence-corrected chi connectivity index (χ3v) is 3.91. The summed E-state index contributed by atoms with van der Waals surface area (Å²) in [5, 5.41) is 5.47. The summed E-state index contributed by atoms with van der Waals surface area (Å²) in [6, 6.07) is 5.90. The van der Waals surface area contributed by atoms with Gasteiger partial charge in [-0.1, -0.05) is 0 Å². The van der Waals surface area contributed by atoms with Gasteiger partial charge in [0.1, 0.15) is 0 Å². The van der Waals surface area contributed by atoms with E-state index in [0.29, 0.717) is 13.2 Å². The van der Waals surface area contributed by atoms with Gasteiger partial charge in [0.2, 0.25) is 0 Å². The quantitative estimate of drug-likeness (QED) is 0.750. The fourth-order valence-electron chi connectivity index (χ4n) is 2.79. The molecule has 114 valence electrons.